The third-order valence-electron chi connectivity index (χ3n) is 2.01. The van der Waals surface area contributed by atoms with Crippen LogP contribution in [0.15, 0.2) is 24.3 Å². The normalized spacial score (nSPS) is 12.2. The molecule has 0 bridgehead atoms. The molecule has 1 atom stereocenters. The van der Waals surface area contributed by atoms with Crippen molar-refractivity contribution in [3.05, 3.63) is 35.6 Å². The van der Waals surface area contributed by atoms with Crippen molar-refractivity contribution in [2.75, 3.05) is 7.05 Å². The van der Waals surface area contributed by atoms with E-state index in [1.54, 1.807) is 26.1 Å². The van der Waals surface area contributed by atoms with E-state index < -0.39 is 0 Å². The van der Waals surface area contributed by atoms with E-state index in [1.807, 2.05) is 0 Å². The highest BCUT2D eigenvalue weighted by Crippen LogP contribution is 2.15. The van der Waals surface area contributed by atoms with Gasteiger partial charge in [-0.15, -0.1) is 0 Å². The van der Waals surface area contributed by atoms with Crippen LogP contribution in [0.2, 0.25) is 0 Å². The van der Waals surface area contributed by atoms with Gasteiger partial charge in [0.15, 0.2) is 0 Å². The fourth-order valence-corrected chi connectivity index (χ4v) is 1.12. The van der Waals surface area contributed by atoms with Gasteiger partial charge in [0.2, 0.25) is 5.91 Å². The Morgan fingerprint density at radius 2 is 1.92 bits per heavy atom. The summed E-state index contributed by atoms with van der Waals surface area (Å²) in [5.41, 5.74) is 0.820. The number of amides is 1. The van der Waals surface area contributed by atoms with Gasteiger partial charge >= 0.3 is 0 Å². The molecule has 3 heteroatoms. The Balaban J connectivity index is 2.83. The summed E-state index contributed by atoms with van der Waals surface area (Å²) < 4.78 is 12.5. The zero-order chi connectivity index (χ0) is 9.84. The Kier molecular flexibility index (Phi) is 3.01. The predicted octanol–water partition coefficient (Wildman–Crippen LogP) is 1.68. The van der Waals surface area contributed by atoms with Gasteiger partial charge in [0, 0.05) is 7.05 Å². The van der Waals surface area contributed by atoms with Gasteiger partial charge in [-0.3, -0.25) is 4.79 Å². The number of hydrogen-bond acceptors (Lipinski definition) is 1. The number of halogens is 1. The van der Waals surface area contributed by atoms with Crippen LogP contribution in [0.1, 0.15) is 18.4 Å². The molecule has 70 valence electrons. The van der Waals surface area contributed by atoms with Gasteiger partial charge < -0.3 is 5.32 Å². The van der Waals surface area contributed by atoms with E-state index in [-0.39, 0.29) is 17.6 Å². The molecule has 13 heavy (non-hydrogen) atoms. The highest BCUT2D eigenvalue weighted by molar-refractivity contribution is 5.82. The number of benzene rings is 1. The van der Waals surface area contributed by atoms with Crippen molar-refractivity contribution in [3.63, 3.8) is 0 Å². The highest BCUT2D eigenvalue weighted by atomic mass is 19.1. The van der Waals surface area contributed by atoms with E-state index in [0.29, 0.717) is 0 Å². The first-order valence-corrected chi connectivity index (χ1v) is 4.12. The molecule has 0 saturated carbocycles. The molecule has 0 aliphatic carbocycles. The van der Waals surface area contributed by atoms with E-state index in [1.165, 1.54) is 12.1 Å². The van der Waals surface area contributed by atoms with Gasteiger partial charge in [0.05, 0.1) is 5.92 Å². The number of nitrogens with one attached hydrogen (secondary N) is 1. The zero-order valence-electron chi connectivity index (χ0n) is 7.67. The van der Waals surface area contributed by atoms with Gasteiger partial charge in [0.25, 0.3) is 0 Å². The van der Waals surface area contributed by atoms with Crippen LogP contribution in [-0.2, 0) is 4.79 Å². The summed E-state index contributed by atoms with van der Waals surface area (Å²) in [6.07, 6.45) is 0. The van der Waals surface area contributed by atoms with E-state index in [9.17, 15) is 9.18 Å². The lowest BCUT2D eigenvalue weighted by Gasteiger charge is -2.09. The molecular weight excluding hydrogens is 169 g/mol. The number of carbonyl (C=O) groups is 1. The Labute approximate surface area is 76.8 Å². The van der Waals surface area contributed by atoms with Crippen molar-refractivity contribution in [2.45, 2.75) is 12.8 Å². The van der Waals surface area contributed by atoms with Gasteiger partial charge in [-0.25, -0.2) is 4.39 Å². The summed E-state index contributed by atoms with van der Waals surface area (Å²) in [6.45, 7) is 1.78. The minimum atomic E-state index is -0.284. The predicted molar refractivity (Wildman–Crippen MR) is 48.9 cm³/mol. The Bertz CT molecular complexity index is 294. The van der Waals surface area contributed by atoms with Crippen LogP contribution < -0.4 is 5.32 Å². The lowest BCUT2D eigenvalue weighted by Crippen LogP contribution is -2.23. The van der Waals surface area contributed by atoms with Crippen LogP contribution >= 0.6 is 0 Å². The summed E-state index contributed by atoms with van der Waals surface area (Å²) in [5, 5.41) is 2.55. The molecule has 0 fully saturated rings. The van der Waals surface area contributed by atoms with E-state index in [2.05, 4.69) is 5.32 Å². The second kappa shape index (κ2) is 4.03. The minimum absolute atomic E-state index is 0.0633. The summed E-state index contributed by atoms with van der Waals surface area (Å²) in [5.74, 6) is -0.579. The number of hydrogen-bond donors (Lipinski definition) is 1. The van der Waals surface area contributed by atoms with Crippen LogP contribution in [0.5, 0.6) is 0 Å². The summed E-state index contributed by atoms with van der Waals surface area (Å²) in [6, 6.07) is 5.95. The lowest BCUT2D eigenvalue weighted by molar-refractivity contribution is -0.121. The molecule has 0 heterocycles. The SMILES string of the molecule is CNC(=O)C(C)c1ccc(F)cc1. The molecule has 2 nitrogen and oxygen atoms in total. The first-order chi connectivity index (χ1) is 6.15. The fraction of sp³-hybridized carbons (Fsp3) is 0.300. The number of carbonyl (C=O) groups excluding carboxylic acids is 1. The lowest BCUT2D eigenvalue weighted by atomic mass is 10.0. The molecule has 0 aromatic heterocycles. The van der Waals surface area contributed by atoms with Crippen LogP contribution in [0.4, 0.5) is 4.39 Å². The van der Waals surface area contributed by atoms with Crippen molar-refractivity contribution in [1.82, 2.24) is 5.32 Å². The Hall–Kier alpha value is -1.38. The molecule has 1 amide bonds. The summed E-state index contributed by atoms with van der Waals surface area (Å²) >= 11 is 0. The smallest absolute Gasteiger partial charge is 0.227 e. The largest absolute Gasteiger partial charge is 0.359 e. The Morgan fingerprint density at radius 1 is 1.38 bits per heavy atom. The van der Waals surface area contributed by atoms with E-state index in [0.717, 1.165) is 5.56 Å². The molecular formula is C10H12FNO. The van der Waals surface area contributed by atoms with Gasteiger partial charge in [0.1, 0.15) is 5.82 Å². The molecule has 1 aromatic carbocycles. The summed E-state index contributed by atoms with van der Waals surface area (Å²) in [7, 11) is 1.59. The molecule has 1 rings (SSSR count). The summed E-state index contributed by atoms with van der Waals surface area (Å²) in [4.78, 5) is 11.2. The van der Waals surface area contributed by atoms with Crippen LogP contribution in [0.3, 0.4) is 0 Å². The third kappa shape index (κ3) is 2.28. The maximum atomic E-state index is 12.5. The molecule has 0 aliphatic heterocycles. The average Bonchev–Trinajstić information content (AvgIpc) is 2.17. The van der Waals surface area contributed by atoms with Crippen molar-refractivity contribution in [2.24, 2.45) is 0 Å². The van der Waals surface area contributed by atoms with Gasteiger partial charge in [-0.05, 0) is 24.6 Å². The first-order valence-electron chi connectivity index (χ1n) is 4.12. The number of likely N-dealkylation sites (N-methyl/N-ethyl adjacent to an activating group) is 1. The number of rotatable bonds is 2. The van der Waals surface area contributed by atoms with Crippen LogP contribution in [0, 0.1) is 5.82 Å². The van der Waals surface area contributed by atoms with Gasteiger partial charge in [-0.1, -0.05) is 12.1 Å². The van der Waals surface area contributed by atoms with E-state index >= 15 is 0 Å². The maximum absolute atomic E-state index is 12.5. The standard InChI is InChI=1S/C10H12FNO/c1-7(10(13)12-2)8-3-5-9(11)6-4-8/h3-7H,1-2H3,(H,12,13). The molecule has 0 aliphatic rings. The van der Waals surface area contributed by atoms with E-state index in [4.69, 9.17) is 0 Å². The first kappa shape index (κ1) is 9.71. The molecule has 0 radical (unpaired) electrons. The second-order valence-corrected chi connectivity index (χ2v) is 2.89. The molecule has 1 unspecified atom stereocenters. The van der Waals surface area contributed by atoms with Gasteiger partial charge in [-0.2, -0.15) is 0 Å². The van der Waals surface area contributed by atoms with Crippen LogP contribution in [-0.4, -0.2) is 13.0 Å². The fourth-order valence-electron chi connectivity index (χ4n) is 1.12. The zero-order valence-corrected chi connectivity index (χ0v) is 7.67. The minimum Gasteiger partial charge on any atom is -0.359 e. The maximum Gasteiger partial charge on any atom is 0.227 e. The second-order valence-electron chi connectivity index (χ2n) is 2.89. The molecule has 1 N–H and O–H groups in total. The quantitative estimate of drug-likeness (QED) is 0.738. The molecule has 0 saturated heterocycles. The Morgan fingerprint density at radius 3 is 2.38 bits per heavy atom. The van der Waals surface area contributed by atoms with Crippen molar-refractivity contribution in [3.8, 4) is 0 Å². The third-order valence-corrected chi connectivity index (χ3v) is 2.01. The molecule has 1 aromatic rings. The van der Waals surface area contributed by atoms with Crippen LogP contribution in [0.25, 0.3) is 0 Å². The topological polar surface area (TPSA) is 29.1 Å². The highest BCUT2D eigenvalue weighted by Gasteiger charge is 2.12. The van der Waals surface area contributed by atoms with Crippen molar-refractivity contribution >= 4 is 5.91 Å². The molecule has 0 spiro atoms. The van der Waals surface area contributed by atoms with Crippen molar-refractivity contribution in [1.29, 1.82) is 0 Å². The monoisotopic (exact) mass is 181 g/mol. The van der Waals surface area contributed by atoms with Crippen molar-refractivity contribution < 1.29 is 9.18 Å². The average molecular weight is 181 g/mol.